The van der Waals surface area contributed by atoms with Crippen molar-refractivity contribution in [3.63, 3.8) is 0 Å². The van der Waals surface area contributed by atoms with Crippen LogP contribution >= 0.6 is 0 Å². The summed E-state index contributed by atoms with van der Waals surface area (Å²) in [7, 11) is 0. The fourth-order valence-electron chi connectivity index (χ4n) is 2.17. The lowest BCUT2D eigenvalue weighted by Crippen LogP contribution is -1.94. The molecule has 16 heavy (non-hydrogen) atoms. The minimum Gasteiger partial charge on any atom is -0.257 e. The van der Waals surface area contributed by atoms with E-state index in [1.165, 1.54) is 16.8 Å². The number of hydrogen-bond acceptors (Lipinski definition) is 1. The highest BCUT2D eigenvalue weighted by Crippen LogP contribution is 2.22. The maximum absolute atomic E-state index is 4.69. The van der Waals surface area contributed by atoms with E-state index in [1.54, 1.807) is 0 Å². The fraction of sp³-hybridized carbons (Fsp3) is 0.133. The smallest absolute Gasteiger partial charge is 0.0629 e. The SMILES string of the molecule is c1ccc(N=C2Cc3ccccc3C2)cc1. The Balaban J connectivity index is 1.89. The minimum atomic E-state index is 1.01. The van der Waals surface area contributed by atoms with Crippen molar-refractivity contribution in [1.29, 1.82) is 0 Å². The van der Waals surface area contributed by atoms with Crippen LogP contribution in [-0.2, 0) is 12.8 Å². The van der Waals surface area contributed by atoms with Gasteiger partial charge in [-0.1, -0.05) is 42.5 Å². The molecule has 0 saturated carbocycles. The van der Waals surface area contributed by atoms with Gasteiger partial charge in [-0.15, -0.1) is 0 Å². The molecule has 3 rings (SSSR count). The van der Waals surface area contributed by atoms with Crippen LogP contribution in [0.1, 0.15) is 11.1 Å². The summed E-state index contributed by atoms with van der Waals surface area (Å²) >= 11 is 0. The molecule has 1 aliphatic carbocycles. The largest absolute Gasteiger partial charge is 0.257 e. The predicted molar refractivity (Wildman–Crippen MR) is 67.4 cm³/mol. The molecule has 2 aromatic carbocycles. The van der Waals surface area contributed by atoms with E-state index in [9.17, 15) is 0 Å². The number of aliphatic imine (C=N–C) groups is 1. The van der Waals surface area contributed by atoms with Gasteiger partial charge < -0.3 is 0 Å². The molecule has 0 amide bonds. The number of nitrogens with zero attached hydrogens (tertiary/aromatic N) is 1. The molecule has 0 atom stereocenters. The molecule has 0 heterocycles. The molecule has 0 aliphatic heterocycles. The van der Waals surface area contributed by atoms with Crippen LogP contribution in [0.5, 0.6) is 0 Å². The van der Waals surface area contributed by atoms with E-state index in [-0.39, 0.29) is 0 Å². The van der Waals surface area contributed by atoms with Gasteiger partial charge in [-0.3, -0.25) is 4.99 Å². The summed E-state index contributed by atoms with van der Waals surface area (Å²) in [5.41, 5.74) is 5.19. The van der Waals surface area contributed by atoms with Crippen molar-refractivity contribution < 1.29 is 0 Å². The third-order valence-electron chi connectivity index (χ3n) is 2.95. The molecule has 0 saturated heterocycles. The maximum atomic E-state index is 4.69. The summed E-state index contributed by atoms with van der Waals surface area (Å²) in [6, 6.07) is 18.8. The average molecular weight is 207 g/mol. The molecular weight excluding hydrogens is 194 g/mol. The Labute approximate surface area is 95.5 Å². The van der Waals surface area contributed by atoms with Crippen molar-refractivity contribution in [3.8, 4) is 0 Å². The van der Waals surface area contributed by atoms with Gasteiger partial charge in [-0.25, -0.2) is 0 Å². The molecule has 2 aromatic rings. The predicted octanol–water partition coefficient (Wildman–Crippen LogP) is 3.56. The molecule has 78 valence electrons. The molecule has 0 bridgehead atoms. The van der Waals surface area contributed by atoms with E-state index in [0.717, 1.165) is 18.5 Å². The van der Waals surface area contributed by atoms with Crippen molar-refractivity contribution in [3.05, 3.63) is 65.7 Å². The van der Waals surface area contributed by atoms with E-state index >= 15 is 0 Å². The third kappa shape index (κ3) is 1.76. The first-order valence-electron chi connectivity index (χ1n) is 5.60. The molecule has 0 unspecified atom stereocenters. The Bertz CT molecular complexity index is 499. The van der Waals surface area contributed by atoms with E-state index in [1.807, 2.05) is 18.2 Å². The second kappa shape index (κ2) is 3.93. The van der Waals surface area contributed by atoms with Crippen LogP contribution in [0, 0.1) is 0 Å². The quantitative estimate of drug-likeness (QED) is 0.678. The maximum Gasteiger partial charge on any atom is 0.0629 e. The lowest BCUT2D eigenvalue weighted by atomic mass is 10.1. The van der Waals surface area contributed by atoms with Crippen LogP contribution in [0.2, 0.25) is 0 Å². The van der Waals surface area contributed by atoms with Crippen molar-refractivity contribution in [2.24, 2.45) is 4.99 Å². The first-order chi connectivity index (χ1) is 7.92. The standard InChI is InChI=1S/C15H13N/c1-2-8-14(9-3-1)16-15-10-12-6-4-5-7-13(12)11-15/h1-9H,10-11H2. The molecule has 0 spiro atoms. The highest BCUT2D eigenvalue weighted by Gasteiger charge is 2.15. The van der Waals surface area contributed by atoms with Crippen LogP contribution in [0.15, 0.2) is 59.6 Å². The van der Waals surface area contributed by atoms with Crippen LogP contribution in [0.3, 0.4) is 0 Å². The first kappa shape index (κ1) is 9.34. The first-order valence-corrected chi connectivity index (χ1v) is 5.60. The molecule has 1 nitrogen and oxygen atoms in total. The summed E-state index contributed by atoms with van der Waals surface area (Å²) < 4.78 is 0. The van der Waals surface area contributed by atoms with Gasteiger partial charge in [0.15, 0.2) is 0 Å². The van der Waals surface area contributed by atoms with Crippen molar-refractivity contribution in [2.75, 3.05) is 0 Å². The summed E-state index contributed by atoms with van der Waals surface area (Å²) in [5.74, 6) is 0. The van der Waals surface area contributed by atoms with Crippen molar-refractivity contribution in [1.82, 2.24) is 0 Å². The Morgan fingerprint density at radius 2 is 1.25 bits per heavy atom. The van der Waals surface area contributed by atoms with Gasteiger partial charge in [-0.05, 0) is 23.3 Å². The summed E-state index contributed by atoms with van der Waals surface area (Å²) in [4.78, 5) is 4.69. The topological polar surface area (TPSA) is 12.4 Å². The van der Waals surface area contributed by atoms with E-state index in [4.69, 9.17) is 0 Å². The monoisotopic (exact) mass is 207 g/mol. The number of hydrogen-bond donors (Lipinski definition) is 0. The van der Waals surface area contributed by atoms with Crippen LogP contribution in [0.25, 0.3) is 0 Å². The van der Waals surface area contributed by atoms with Crippen molar-refractivity contribution >= 4 is 11.4 Å². The molecule has 0 N–H and O–H groups in total. The van der Waals surface area contributed by atoms with Gasteiger partial charge >= 0.3 is 0 Å². The Morgan fingerprint density at radius 3 is 1.88 bits per heavy atom. The zero-order valence-electron chi connectivity index (χ0n) is 9.06. The van der Waals surface area contributed by atoms with Gasteiger partial charge in [0.1, 0.15) is 0 Å². The van der Waals surface area contributed by atoms with E-state index in [2.05, 4.69) is 41.4 Å². The molecule has 1 heteroatoms. The highest BCUT2D eigenvalue weighted by atomic mass is 14.7. The summed E-state index contributed by atoms with van der Waals surface area (Å²) in [6.07, 6.45) is 2.01. The molecule has 0 aromatic heterocycles. The molecule has 1 aliphatic rings. The second-order valence-corrected chi connectivity index (χ2v) is 4.14. The summed E-state index contributed by atoms with van der Waals surface area (Å²) in [6.45, 7) is 0. The molecular formula is C15H13N. The highest BCUT2D eigenvalue weighted by molar-refractivity contribution is 5.94. The zero-order valence-corrected chi connectivity index (χ0v) is 9.06. The van der Waals surface area contributed by atoms with Crippen LogP contribution in [-0.4, -0.2) is 5.71 Å². The van der Waals surface area contributed by atoms with Gasteiger partial charge in [0.25, 0.3) is 0 Å². The normalized spacial score (nSPS) is 13.6. The van der Waals surface area contributed by atoms with Gasteiger partial charge in [0.05, 0.1) is 5.69 Å². The average Bonchev–Trinajstić information content (AvgIpc) is 2.72. The van der Waals surface area contributed by atoms with Crippen LogP contribution < -0.4 is 0 Å². The second-order valence-electron chi connectivity index (χ2n) is 4.14. The van der Waals surface area contributed by atoms with Gasteiger partial charge in [0, 0.05) is 18.6 Å². The lowest BCUT2D eigenvalue weighted by Gasteiger charge is -1.95. The lowest BCUT2D eigenvalue weighted by molar-refractivity contribution is 1.35. The zero-order chi connectivity index (χ0) is 10.8. The Hall–Kier alpha value is -1.89. The minimum absolute atomic E-state index is 1.01. The Morgan fingerprint density at radius 1 is 0.688 bits per heavy atom. The van der Waals surface area contributed by atoms with Gasteiger partial charge in [0.2, 0.25) is 0 Å². The molecule has 0 radical (unpaired) electrons. The number of fused-ring (bicyclic) bond motifs is 1. The van der Waals surface area contributed by atoms with Gasteiger partial charge in [-0.2, -0.15) is 0 Å². The number of para-hydroxylation sites is 1. The number of rotatable bonds is 1. The number of benzene rings is 2. The third-order valence-corrected chi connectivity index (χ3v) is 2.95. The van der Waals surface area contributed by atoms with E-state index < -0.39 is 0 Å². The van der Waals surface area contributed by atoms with Crippen molar-refractivity contribution in [2.45, 2.75) is 12.8 Å². The summed E-state index contributed by atoms with van der Waals surface area (Å²) in [5, 5.41) is 0. The fourth-order valence-corrected chi connectivity index (χ4v) is 2.17. The van der Waals surface area contributed by atoms with Crippen LogP contribution in [0.4, 0.5) is 5.69 Å². The Kier molecular flexibility index (Phi) is 2.30. The molecule has 0 fully saturated rings. The van der Waals surface area contributed by atoms with E-state index in [0.29, 0.717) is 0 Å².